The first-order chi connectivity index (χ1) is 16.8. The largest absolute Gasteiger partial charge is 0.480 e. The van der Waals surface area contributed by atoms with Crippen molar-refractivity contribution < 1.29 is 23.1 Å². The van der Waals surface area contributed by atoms with Crippen LogP contribution in [0.25, 0.3) is 0 Å². The summed E-state index contributed by atoms with van der Waals surface area (Å²) in [7, 11) is -3.42. The molecule has 1 aliphatic heterocycles. The van der Waals surface area contributed by atoms with E-state index in [0.717, 1.165) is 16.7 Å². The van der Waals surface area contributed by atoms with Gasteiger partial charge in [0.05, 0.1) is 17.4 Å². The second-order valence-electron chi connectivity index (χ2n) is 9.05. The van der Waals surface area contributed by atoms with E-state index in [0.29, 0.717) is 6.42 Å². The number of sulfone groups is 1. The molecule has 0 spiro atoms. The zero-order chi connectivity index (χ0) is 24.8. The van der Waals surface area contributed by atoms with E-state index in [1.165, 1.54) is 4.90 Å². The van der Waals surface area contributed by atoms with Crippen molar-refractivity contribution in [3.8, 4) is 0 Å². The molecule has 2 atom stereocenters. The molecule has 1 N–H and O–H groups in total. The third-order valence-electron chi connectivity index (χ3n) is 6.50. The van der Waals surface area contributed by atoms with Gasteiger partial charge in [-0.15, -0.1) is 0 Å². The number of carbonyl (C=O) groups is 2. The van der Waals surface area contributed by atoms with Gasteiger partial charge in [-0.1, -0.05) is 91.0 Å². The summed E-state index contributed by atoms with van der Waals surface area (Å²) in [5, 5.41) is 9.88. The molecule has 1 amide bonds. The Hall–Kier alpha value is -3.45. The number of nitrogens with zero attached hydrogens (tertiary/aromatic N) is 1. The van der Waals surface area contributed by atoms with Crippen molar-refractivity contribution in [2.24, 2.45) is 5.92 Å². The van der Waals surface area contributed by atoms with Gasteiger partial charge in [0.1, 0.15) is 6.04 Å². The van der Waals surface area contributed by atoms with Crippen LogP contribution in [0.5, 0.6) is 0 Å². The van der Waals surface area contributed by atoms with Gasteiger partial charge in [0.15, 0.2) is 9.84 Å². The van der Waals surface area contributed by atoms with Crippen LogP contribution in [-0.4, -0.2) is 54.4 Å². The quantitative estimate of drug-likeness (QED) is 0.492. The van der Waals surface area contributed by atoms with Crippen LogP contribution in [-0.2, 0) is 25.8 Å². The number of likely N-dealkylation sites (tertiary alicyclic amines) is 1. The van der Waals surface area contributed by atoms with Gasteiger partial charge >= 0.3 is 5.97 Å². The minimum atomic E-state index is -3.42. The molecule has 7 heteroatoms. The number of benzene rings is 3. The minimum absolute atomic E-state index is 0.00411. The van der Waals surface area contributed by atoms with Gasteiger partial charge in [-0.25, -0.2) is 13.2 Å². The van der Waals surface area contributed by atoms with Crippen molar-refractivity contribution in [3.05, 3.63) is 108 Å². The second-order valence-corrected chi connectivity index (χ2v) is 11.3. The summed E-state index contributed by atoms with van der Waals surface area (Å²) in [6.45, 7) is 0.108. The lowest BCUT2D eigenvalue weighted by Gasteiger charge is -2.27. The molecule has 1 aliphatic rings. The molecule has 3 aromatic carbocycles. The number of carbonyl (C=O) groups excluding carboxylic acids is 1. The highest BCUT2D eigenvalue weighted by Gasteiger charge is 2.43. The smallest absolute Gasteiger partial charge is 0.326 e. The number of hydrogen-bond acceptors (Lipinski definition) is 4. The van der Waals surface area contributed by atoms with E-state index in [1.54, 1.807) is 0 Å². The summed E-state index contributed by atoms with van der Waals surface area (Å²) in [5.74, 6) is -2.65. The predicted molar refractivity (Wildman–Crippen MR) is 135 cm³/mol. The van der Waals surface area contributed by atoms with Gasteiger partial charge in [0.25, 0.3) is 0 Å². The molecule has 3 aromatic rings. The van der Waals surface area contributed by atoms with Crippen LogP contribution in [0.1, 0.15) is 29.0 Å². The van der Waals surface area contributed by atoms with Gasteiger partial charge in [-0.3, -0.25) is 4.79 Å². The SMILES string of the molecule is O=C(O)[C@@H]1CC(CS(=O)(=O)CCc2ccccc2)CN1C(=O)C(c1ccccc1)c1ccccc1. The van der Waals surface area contributed by atoms with E-state index in [1.807, 2.05) is 91.0 Å². The Morgan fingerprint density at radius 3 is 1.89 bits per heavy atom. The monoisotopic (exact) mass is 491 g/mol. The fourth-order valence-corrected chi connectivity index (χ4v) is 6.49. The van der Waals surface area contributed by atoms with E-state index in [2.05, 4.69) is 0 Å². The molecule has 1 unspecified atom stereocenters. The number of carboxylic acid groups (broad SMARTS) is 1. The van der Waals surface area contributed by atoms with Crippen LogP contribution in [0.15, 0.2) is 91.0 Å². The normalized spacial score (nSPS) is 18.0. The molecule has 0 aromatic heterocycles. The molecular weight excluding hydrogens is 462 g/mol. The van der Waals surface area contributed by atoms with E-state index in [9.17, 15) is 23.1 Å². The Morgan fingerprint density at radius 1 is 0.857 bits per heavy atom. The van der Waals surface area contributed by atoms with Crippen LogP contribution in [0.4, 0.5) is 0 Å². The molecule has 0 bridgehead atoms. The van der Waals surface area contributed by atoms with Crippen molar-refractivity contribution in [3.63, 3.8) is 0 Å². The van der Waals surface area contributed by atoms with Crippen LogP contribution in [0.2, 0.25) is 0 Å². The Bertz CT molecular complexity index is 1210. The maximum Gasteiger partial charge on any atom is 0.326 e. The molecule has 1 heterocycles. The van der Waals surface area contributed by atoms with Crippen molar-refractivity contribution in [2.75, 3.05) is 18.1 Å². The minimum Gasteiger partial charge on any atom is -0.480 e. The fraction of sp³-hybridized carbons (Fsp3) is 0.286. The average molecular weight is 492 g/mol. The van der Waals surface area contributed by atoms with E-state index in [4.69, 9.17) is 0 Å². The van der Waals surface area contributed by atoms with Crippen molar-refractivity contribution in [1.29, 1.82) is 0 Å². The van der Waals surface area contributed by atoms with Gasteiger partial charge in [0, 0.05) is 6.54 Å². The maximum atomic E-state index is 13.8. The topological polar surface area (TPSA) is 91.8 Å². The molecule has 4 rings (SSSR count). The number of hydrogen-bond donors (Lipinski definition) is 1. The number of rotatable bonds is 9. The van der Waals surface area contributed by atoms with Gasteiger partial charge in [0.2, 0.25) is 5.91 Å². The summed E-state index contributed by atoms with van der Waals surface area (Å²) in [5.41, 5.74) is 2.48. The van der Waals surface area contributed by atoms with E-state index < -0.39 is 33.7 Å². The van der Waals surface area contributed by atoms with E-state index >= 15 is 0 Å². The van der Waals surface area contributed by atoms with Gasteiger partial charge in [-0.2, -0.15) is 0 Å². The van der Waals surface area contributed by atoms with Crippen molar-refractivity contribution in [2.45, 2.75) is 24.8 Å². The Morgan fingerprint density at radius 2 is 1.37 bits per heavy atom. The van der Waals surface area contributed by atoms with E-state index in [-0.39, 0.29) is 30.4 Å². The van der Waals surface area contributed by atoms with Gasteiger partial charge < -0.3 is 10.0 Å². The van der Waals surface area contributed by atoms with Crippen LogP contribution < -0.4 is 0 Å². The van der Waals surface area contributed by atoms with Crippen LogP contribution in [0.3, 0.4) is 0 Å². The van der Waals surface area contributed by atoms with Crippen LogP contribution in [0, 0.1) is 5.92 Å². The summed E-state index contributed by atoms with van der Waals surface area (Å²) in [4.78, 5) is 27.3. The van der Waals surface area contributed by atoms with Crippen molar-refractivity contribution >= 4 is 21.7 Å². The third-order valence-corrected chi connectivity index (χ3v) is 8.31. The molecule has 35 heavy (non-hydrogen) atoms. The molecule has 0 radical (unpaired) electrons. The Balaban J connectivity index is 1.53. The summed E-state index contributed by atoms with van der Waals surface area (Å²) in [6, 6.07) is 26.9. The van der Waals surface area contributed by atoms with Gasteiger partial charge in [-0.05, 0) is 35.4 Å². The standard InChI is InChI=1S/C28H29NO5S/c30-27(26(23-12-6-2-7-13-23)24-14-8-3-9-15-24)29-19-22(18-25(29)28(31)32)20-35(33,34)17-16-21-10-4-1-5-11-21/h1-15,22,25-26H,16-20H2,(H,31,32)/t22?,25-/m0/s1. The Kier molecular flexibility index (Phi) is 7.66. The first-order valence-corrected chi connectivity index (χ1v) is 13.5. The first-order valence-electron chi connectivity index (χ1n) is 11.7. The van der Waals surface area contributed by atoms with Crippen molar-refractivity contribution in [1.82, 2.24) is 4.90 Å². The average Bonchev–Trinajstić information content (AvgIpc) is 3.28. The zero-order valence-electron chi connectivity index (χ0n) is 19.4. The number of carboxylic acids is 1. The second kappa shape index (κ2) is 10.9. The molecule has 6 nitrogen and oxygen atoms in total. The maximum absolute atomic E-state index is 13.8. The lowest BCUT2D eigenvalue weighted by Crippen LogP contribution is -2.43. The molecule has 1 fully saturated rings. The molecular formula is C28H29NO5S. The Labute approximate surface area is 206 Å². The number of aryl methyl sites for hydroxylation is 1. The molecule has 1 saturated heterocycles. The number of amides is 1. The summed E-state index contributed by atoms with van der Waals surface area (Å²) >= 11 is 0. The summed E-state index contributed by atoms with van der Waals surface area (Å²) < 4.78 is 25.7. The van der Waals surface area contributed by atoms with Crippen LogP contribution >= 0.6 is 0 Å². The summed E-state index contributed by atoms with van der Waals surface area (Å²) in [6.07, 6.45) is 0.535. The highest BCUT2D eigenvalue weighted by atomic mass is 32.2. The lowest BCUT2D eigenvalue weighted by molar-refractivity contribution is -0.148. The first kappa shape index (κ1) is 24.7. The molecule has 0 aliphatic carbocycles. The third kappa shape index (κ3) is 6.17. The molecule has 182 valence electrons. The molecule has 0 saturated carbocycles. The zero-order valence-corrected chi connectivity index (χ0v) is 20.2. The highest BCUT2D eigenvalue weighted by molar-refractivity contribution is 7.91. The highest BCUT2D eigenvalue weighted by Crippen LogP contribution is 2.33. The lowest BCUT2D eigenvalue weighted by atomic mass is 9.90. The fourth-order valence-electron chi connectivity index (χ4n) is 4.82. The predicted octanol–water partition coefficient (Wildman–Crippen LogP) is 3.78. The number of aliphatic carboxylic acids is 1.